The third-order valence-corrected chi connectivity index (χ3v) is 4.97. The highest BCUT2D eigenvalue weighted by atomic mass is 16.5. The molecular weight excluding hydrogens is 338 g/mol. The van der Waals surface area contributed by atoms with Crippen molar-refractivity contribution >= 4 is 17.0 Å². The van der Waals surface area contributed by atoms with Crippen LogP contribution in [0.3, 0.4) is 0 Å². The number of allylic oxidation sites excluding steroid dienone is 4. The Bertz CT molecular complexity index is 830. The second kappa shape index (κ2) is 9.46. The van der Waals surface area contributed by atoms with E-state index >= 15 is 0 Å². The average molecular weight is 367 g/mol. The first-order valence-corrected chi connectivity index (χ1v) is 9.79. The van der Waals surface area contributed by atoms with Gasteiger partial charge in [0.1, 0.15) is 6.33 Å². The summed E-state index contributed by atoms with van der Waals surface area (Å²) in [6.45, 7) is 9.81. The van der Waals surface area contributed by atoms with Gasteiger partial charge < -0.3 is 14.6 Å². The van der Waals surface area contributed by atoms with E-state index in [1.54, 1.807) is 12.7 Å². The maximum Gasteiger partial charge on any atom is 0.165 e. The SMILES string of the molecule is C=C/C(=C\C(=C/C)CCC1CCCCO1)Nc1ncnc2c1ncn2CC. The second-order valence-electron chi connectivity index (χ2n) is 6.74. The summed E-state index contributed by atoms with van der Waals surface area (Å²) in [5.74, 6) is 0.699. The van der Waals surface area contributed by atoms with Crippen molar-refractivity contribution in [2.45, 2.75) is 58.6 Å². The lowest BCUT2D eigenvalue weighted by atomic mass is 10.0. The van der Waals surface area contributed by atoms with Gasteiger partial charge in [0.15, 0.2) is 17.0 Å². The van der Waals surface area contributed by atoms with Crippen LogP contribution in [0.15, 0.2) is 48.7 Å². The average Bonchev–Trinajstić information content (AvgIpc) is 3.15. The quantitative estimate of drug-likeness (QED) is 0.690. The summed E-state index contributed by atoms with van der Waals surface area (Å²) >= 11 is 0. The van der Waals surface area contributed by atoms with E-state index in [-0.39, 0.29) is 0 Å². The Labute approximate surface area is 161 Å². The van der Waals surface area contributed by atoms with Crippen LogP contribution in [-0.2, 0) is 11.3 Å². The van der Waals surface area contributed by atoms with Crippen molar-refractivity contribution < 1.29 is 4.74 Å². The van der Waals surface area contributed by atoms with Crippen LogP contribution in [0, 0.1) is 0 Å². The van der Waals surface area contributed by atoms with E-state index in [0.29, 0.717) is 11.9 Å². The summed E-state index contributed by atoms with van der Waals surface area (Å²) in [4.78, 5) is 13.2. The molecule has 1 atom stereocenters. The standard InChI is InChI=1S/C21H29N5O/c1-4-16(10-11-18-9-7-8-12-27-18)13-17(5-2)25-20-19-21(23-14-22-20)26(6-3)15-24-19/h4-5,13-15,18H,2,6-12H2,1,3H3,(H,22,23,25)/b16-4-,17-13+. The van der Waals surface area contributed by atoms with Crippen molar-refractivity contribution in [3.05, 3.63) is 48.7 Å². The smallest absolute Gasteiger partial charge is 0.165 e. The first kappa shape index (κ1) is 19.3. The highest BCUT2D eigenvalue weighted by Gasteiger charge is 2.14. The molecule has 1 saturated heterocycles. The number of aryl methyl sites for hydroxylation is 1. The van der Waals surface area contributed by atoms with Crippen LogP contribution < -0.4 is 5.32 Å². The number of fused-ring (bicyclic) bond motifs is 1. The molecule has 1 aliphatic heterocycles. The van der Waals surface area contributed by atoms with E-state index in [1.165, 1.54) is 24.8 Å². The molecule has 6 nitrogen and oxygen atoms in total. The van der Waals surface area contributed by atoms with Crippen LogP contribution in [0.2, 0.25) is 0 Å². The summed E-state index contributed by atoms with van der Waals surface area (Å²) in [5.41, 5.74) is 3.76. The number of aromatic nitrogens is 4. The zero-order valence-corrected chi connectivity index (χ0v) is 16.3. The summed E-state index contributed by atoms with van der Waals surface area (Å²) in [7, 11) is 0. The largest absolute Gasteiger partial charge is 0.378 e. The fourth-order valence-electron chi connectivity index (χ4n) is 3.35. The van der Waals surface area contributed by atoms with Crippen LogP contribution in [-0.4, -0.2) is 32.2 Å². The van der Waals surface area contributed by atoms with Crippen LogP contribution >= 0.6 is 0 Å². The van der Waals surface area contributed by atoms with Crippen LogP contribution in [0.4, 0.5) is 5.82 Å². The zero-order valence-electron chi connectivity index (χ0n) is 16.3. The number of hydrogen-bond acceptors (Lipinski definition) is 5. The van der Waals surface area contributed by atoms with Crippen molar-refractivity contribution in [1.82, 2.24) is 19.5 Å². The molecular formula is C21H29N5O. The van der Waals surface area contributed by atoms with E-state index in [0.717, 1.165) is 42.9 Å². The van der Waals surface area contributed by atoms with Crippen LogP contribution in [0.25, 0.3) is 11.2 Å². The fourth-order valence-corrected chi connectivity index (χ4v) is 3.35. The lowest BCUT2D eigenvalue weighted by Gasteiger charge is -2.22. The summed E-state index contributed by atoms with van der Waals surface area (Å²) < 4.78 is 7.85. The molecule has 1 fully saturated rings. The van der Waals surface area contributed by atoms with Crippen molar-refractivity contribution in [2.24, 2.45) is 0 Å². The van der Waals surface area contributed by atoms with Crippen molar-refractivity contribution in [1.29, 1.82) is 0 Å². The van der Waals surface area contributed by atoms with E-state index < -0.39 is 0 Å². The fraction of sp³-hybridized carbons (Fsp3) is 0.476. The Morgan fingerprint density at radius 2 is 2.26 bits per heavy atom. The molecule has 0 aromatic carbocycles. The van der Waals surface area contributed by atoms with Gasteiger partial charge in [-0.05, 0) is 58.1 Å². The Kier molecular flexibility index (Phi) is 6.76. The van der Waals surface area contributed by atoms with Gasteiger partial charge in [-0.2, -0.15) is 0 Å². The number of hydrogen-bond donors (Lipinski definition) is 1. The molecule has 0 bridgehead atoms. The van der Waals surface area contributed by atoms with E-state index in [4.69, 9.17) is 4.74 Å². The lowest BCUT2D eigenvalue weighted by molar-refractivity contribution is 0.0116. The lowest BCUT2D eigenvalue weighted by Crippen LogP contribution is -2.18. The van der Waals surface area contributed by atoms with Crippen LogP contribution in [0.5, 0.6) is 0 Å². The molecule has 2 aromatic rings. The Morgan fingerprint density at radius 1 is 1.37 bits per heavy atom. The molecule has 144 valence electrons. The molecule has 27 heavy (non-hydrogen) atoms. The zero-order chi connectivity index (χ0) is 19.1. The molecule has 2 aromatic heterocycles. The number of anilines is 1. The van der Waals surface area contributed by atoms with Crippen molar-refractivity contribution in [3.63, 3.8) is 0 Å². The molecule has 0 aliphatic carbocycles. The van der Waals surface area contributed by atoms with Gasteiger partial charge in [0, 0.05) is 18.8 Å². The third kappa shape index (κ3) is 4.83. The number of rotatable bonds is 8. The maximum atomic E-state index is 5.85. The minimum Gasteiger partial charge on any atom is -0.378 e. The summed E-state index contributed by atoms with van der Waals surface area (Å²) in [5, 5.41) is 3.36. The monoisotopic (exact) mass is 367 g/mol. The van der Waals surface area contributed by atoms with Gasteiger partial charge in [-0.1, -0.05) is 18.2 Å². The topological polar surface area (TPSA) is 64.9 Å². The van der Waals surface area contributed by atoms with E-state index in [2.05, 4.69) is 52.8 Å². The maximum absolute atomic E-state index is 5.85. The van der Waals surface area contributed by atoms with Crippen molar-refractivity contribution in [2.75, 3.05) is 11.9 Å². The highest BCUT2D eigenvalue weighted by molar-refractivity contribution is 5.83. The second-order valence-corrected chi connectivity index (χ2v) is 6.74. The number of nitrogens with zero attached hydrogens (tertiary/aromatic N) is 4. The van der Waals surface area contributed by atoms with Crippen molar-refractivity contribution in [3.8, 4) is 0 Å². The molecule has 0 radical (unpaired) electrons. The summed E-state index contributed by atoms with van der Waals surface area (Å²) in [6.07, 6.45) is 15.5. The van der Waals surface area contributed by atoms with Crippen LogP contribution in [0.1, 0.15) is 46.0 Å². The number of ether oxygens (including phenoxy) is 1. The predicted octanol–water partition coefficient (Wildman–Crippen LogP) is 4.62. The third-order valence-electron chi connectivity index (χ3n) is 4.97. The van der Waals surface area contributed by atoms with Gasteiger partial charge >= 0.3 is 0 Å². The molecule has 6 heteroatoms. The van der Waals surface area contributed by atoms with E-state index in [9.17, 15) is 0 Å². The van der Waals surface area contributed by atoms with Gasteiger partial charge in [0.2, 0.25) is 0 Å². The molecule has 3 heterocycles. The Hall–Kier alpha value is -2.47. The number of nitrogens with one attached hydrogen (secondary N) is 1. The first-order chi connectivity index (χ1) is 13.2. The van der Waals surface area contributed by atoms with Gasteiger partial charge in [-0.25, -0.2) is 15.0 Å². The van der Waals surface area contributed by atoms with Gasteiger partial charge in [0.25, 0.3) is 0 Å². The molecule has 0 saturated carbocycles. The minimum absolute atomic E-state index is 0.390. The minimum atomic E-state index is 0.390. The Balaban J connectivity index is 1.71. The molecule has 0 spiro atoms. The van der Waals surface area contributed by atoms with E-state index in [1.807, 2.05) is 10.6 Å². The Morgan fingerprint density at radius 3 is 2.96 bits per heavy atom. The molecule has 1 unspecified atom stereocenters. The number of imidazole rings is 1. The molecule has 3 rings (SSSR count). The molecule has 1 N–H and O–H groups in total. The van der Waals surface area contributed by atoms with Gasteiger partial charge in [0.05, 0.1) is 12.4 Å². The van der Waals surface area contributed by atoms with Gasteiger partial charge in [-0.15, -0.1) is 0 Å². The summed E-state index contributed by atoms with van der Waals surface area (Å²) in [6, 6.07) is 0. The van der Waals surface area contributed by atoms with Gasteiger partial charge in [-0.3, -0.25) is 0 Å². The predicted molar refractivity (Wildman–Crippen MR) is 109 cm³/mol. The normalized spacial score (nSPS) is 18.7. The first-order valence-electron chi connectivity index (χ1n) is 9.79. The highest BCUT2D eigenvalue weighted by Crippen LogP contribution is 2.22. The molecule has 1 aliphatic rings. The molecule has 0 amide bonds.